The normalized spacial score (nSPS) is 15.4. The third-order valence-electron chi connectivity index (χ3n) is 5.30. The number of esters is 1. The lowest BCUT2D eigenvalue weighted by Gasteiger charge is -2.31. The van der Waals surface area contributed by atoms with E-state index in [1.165, 1.54) is 13.4 Å². The quantitative estimate of drug-likeness (QED) is 0.526. The highest BCUT2D eigenvalue weighted by Gasteiger charge is 2.23. The van der Waals surface area contributed by atoms with E-state index in [0.717, 1.165) is 41.3 Å². The number of oxazole rings is 1. The fourth-order valence-corrected chi connectivity index (χ4v) is 3.96. The van der Waals surface area contributed by atoms with Crippen LogP contribution in [0.4, 0.5) is 0 Å². The first-order chi connectivity index (χ1) is 14.5. The van der Waals surface area contributed by atoms with Crippen LogP contribution < -0.4 is 5.32 Å². The Balaban J connectivity index is 1.25. The van der Waals surface area contributed by atoms with Gasteiger partial charge in [-0.25, -0.2) is 9.78 Å². The predicted octanol–water partition coefficient (Wildman–Crippen LogP) is 2.74. The van der Waals surface area contributed by atoms with Crippen molar-refractivity contribution in [1.29, 1.82) is 0 Å². The van der Waals surface area contributed by atoms with Crippen LogP contribution in [-0.2, 0) is 11.3 Å². The number of likely N-dealkylation sites (tertiary alicyclic amines) is 1. The minimum absolute atomic E-state index is 0.170. The van der Waals surface area contributed by atoms with E-state index >= 15 is 0 Å². The smallest absolute Gasteiger partial charge is 0.360 e. The van der Waals surface area contributed by atoms with Crippen LogP contribution in [0.1, 0.15) is 39.7 Å². The topological polar surface area (TPSA) is 113 Å². The molecule has 0 spiro atoms. The van der Waals surface area contributed by atoms with E-state index < -0.39 is 5.97 Å². The Kier molecular flexibility index (Phi) is 6.14. The molecule has 30 heavy (non-hydrogen) atoms. The van der Waals surface area contributed by atoms with E-state index in [9.17, 15) is 9.59 Å². The number of hydrogen-bond donors (Lipinski definition) is 2. The summed E-state index contributed by atoms with van der Waals surface area (Å²) in [6.45, 7) is 2.90. The maximum absolute atomic E-state index is 12.6. The maximum Gasteiger partial charge on any atom is 0.360 e. The van der Waals surface area contributed by atoms with Crippen molar-refractivity contribution in [3.8, 4) is 0 Å². The van der Waals surface area contributed by atoms with Gasteiger partial charge in [-0.2, -0.15) is 5.10 Å². The number of ether oxygens (including phenoxy) is 1. The molecule has 0 radical (unpaired) electrons. The Hall–Kier alpha value is -2.72. The molecule has 1 aliphatic heterocycles. The van der Waals surface area contributed by atoms with Crippen LogP contribution in [0.15, 0.2) is 33.4 Å². The van der Waals surface area contributed by atoms with Crippen molar-refractivity contribution in [2.75, 3.05) is 26.7 Å². The third kappa shape index (κ3) is 4.54. The van der Waals surface area contributed by atoms with Crippen LogP contribution in [0.3, 0.4) is 0 Å². The molecule has 1 amide bonds. The van der Waals surface area contributed by atoms with Crippen LogP contribution in [0.2, 0.25) is 0 Å². The van der Waals surface area contributed by atoms with Crippen LogP contribution in [0.25, 0.3) is 10.9 Å². The second-order valence-corrected chi connectivity index (χ2v) is 8.23. The van der Waals surface area contributed by atoms with Gasteiger partial charge in [0, 0.05) is 16.4 Å². The largest absolute Gasteiger partial charge is 0.464 e. The van der Waals surface area contributed by atoms with Crippen LogP contribution in [0.5, 0.6) is 0 Å². The van der Waals surface area contributed by atoms with E-state index in [-0.39, 0.29) is 11.6 Å². The summed E-state index contributed by atoms with van der Waals surface area (Å²) in [6, 6.07) is 5.69. The van der Waals surface area contributed by atoms with Gasteiger partial charge in [-0.1, -0.05) is 15.9 Å². The van der Waals surface area contributed by atoms with E-state index in [1.807, 2.05) is 18.2 Å². The number of amides is 1. The minimum atomic E-state index is -0.503. The van der Waals surface area contributed by atoms with E-state index in [4.69, 9.17) is 4.42 Å². The van der Waals surface area contributed by atoms with Gasteiger partial charge in [-0.15, -0.1) is 0 Å². The van der Waals surface area contributed by atoms with E-state index in [1.54, 1.807) is 0 Å². The number of aromatic nitrogens is 3. The number of rotatable bonds is 6. The minimum Gasteiger partial charge on any atom is -0.464 e. The lowest BCUT2D eigenvalue weighted by Crippen LogP contribution is -2.38. The molecule has 2 N–H and O–H groups in total. The molecule has 3 heterocycles. The fraction of sp³-hybridized carbons (Fsp3) is 0.400. The molecule has 1 saturated heterocycles. The van der Waals surface area contributed by atoms with Crippen molar-refractivity contribution < 1.29 is 18.7 Å². The molecule has 4 rings (SSSR count). The number of benzene rings is 1. The average molecular weight is 476 g/mol. The van der Waals surface area contributed by atoms with Crippen LogP contribution in [0, 0.1) is 5.92 Å². The predicted molar refractivity (Wildman–Crippen MR) is 112 cm³/mol. The van der Waals surface area contributed by atoms with Crippen molar-refractivity contribution in [2.24, 2.45) is 5.92 Å². The van der Waals surface area contributed by atoms with Gasteiger partial charge in [0.2, 0.25) is 5.89 Å². The highest BCUT2D eigenvalue weighted by molar-refractivity contribution is 9.10. The van der Waals surface area contributed by atoms with Crippen molar-refractivity contribution in [2.45, 2.75) is 19.4 Å². The summed E-state index contributed by atoms with van der Waals surface area (Å²) >= 11 is 3.43. The molecule has 0 unspecified atom stereocenters. The zero-order chi connectivity index (χ0) is 21.1. The number of aromatic amines is 1. The van der Waals surface area contributed by atoms with Gasteiger partial charge >= 0.3 is 5.97 Å². The van der Waals surface area contributed by atoms with Crippen molar-refractivity contribution in [3.05, 3.63) is 46.2 Å². The second kappa shape index (κ2) is 8.97. The summed E-state index contributed by atoms with van der Waals surface area (Å²) in [7, 11) is 1.31. The van der Waals surface area contributed by atoms with Gasteiger partial charge in [-0.05, 0) is 50.0 Å². The summed E-state index contributed by atoms with van der Waals surface area (Å²) in [5.74, 6) is 0.226. The van der Waals surface area contributed by atoms with Gasteiger partial charge in [0.15, 0.2) is 11.4 Å². The number of hydrogen-bond acceptors (Lipinski definition) is 7. The molecule has 3 aromatic rings. The SMILES string of the molecule is COC(=O)c1coc(CN2CCC(CNC(=O)c3n[nH]c4ccc(Br)cc34)CC2)n1. The summed E-state index contributed by atoms with van der Waals surface area (Å²) in [6.07, 6.45) is 3.23. The maximum atomic E-state index is 12.6. The van der Waals surface area contributed by atoms with Gasteiger partial charge < -0.3 is 14.5 Å². The number of carbonyl (C=O) groups is 2. The highest BCUT2D eigenvalue weighted by Crippen LogP contribution is 2.22. The molecule has 1 fully saturated rings. The van der Waals surface area contributed by atoms with Crippen molar-refractivity contribution in [3.63, 3.8) is 0 Å². The fourth-order valence-electron chi connectivity index (χ4n) is 3.60. The van der Waals surface area contributed by atoms with E-state index in [2.05, 4.69) is 46.1 Å². The van der Waals surface area contributed by atoms with Gasteiger partial charge in [-0.3, -0.25) is 14.8 Å². The number of H-pyrrole nitrogens is 1. The van der Waals surface area contributed by atoms with E-state index in [0.29, 0.717) is 30.6 Å². The number of piperidine rings is 1. The second-order valence-electron chi connectivity index (χ2n) is 7.31. The Morgan fingerprint density at radius 3 is 2.93 bits per heavy atom. The lowest BCUT2D eigenvalue weighted by atomic mass is 9.96. The number of nitrogens with one attached hydrogen (secondary N) is 2. The molecule has 0 aliphatic carbocycles. The first-order valence-electron chi connectivity index (χ1n) is 9.70. The highest BCUT2D eigenvalue weighted by atomic mass is 79.9. The number of methoxy groups -OCH3 is 1. The molecule has 158 valence electrons. The summed E-state index contributed by atoms with van der Waals surface area (Å²) < 4.78 is 10.9. The number of fused-ring (bicyclic) bond motifs is 1. The molecular formula is C20H22BrN5O4. The number of nitrogens with zero attached hydrogens (tertiary/aromatic N) is 3. The monoisotopic (exact) mass is 475 g/mol. The van der Waals surface area contributed by atoms with Crippen LogP contribution >= 0.6 is 15.9 Å². The first kappa shape index (κ1) is 20.5. The van der Waals surface area contributed by atoms with Gasteiger partial charge in [0.05, 0.1) is 19.2 Å². The first-order valence-corrected chi connectivity index (χ1v) is 10.5. The molecule has 9 nitrogen and oxygen atoms in total. The molecule has 1 aliphatic rings. The third-order valence-corrected chi connectivity index (χ3v) is 5.80. The molecule has 0 bridgehead atoms. The average Bonchev–Trinajstić information content (AvgIpc) is 3.39. The lowest BCUT2D eigenvalue weighted by molar-refractivity contribution is 0.0593. The standard InChI is InChI=1S/C20H22BrN5O4/c1-29-20(28)16-11-30-17(23-16)10-26-6-4-12(5-7-26)9-22-19(27)18-14-8-13(21)2-3-15(14)24-25-18/h2-3,8,11-12H,4-7,9-10H2,1H3,(H,22,27)(H,24,25). The Labute approximate surface area is 181 Å². The molecule has 10 heteroatoms. The number of carbonyl (C=O) groups excluding carboxylic acids is 2. The molecule has 2 aromatic heterocycles. The zero-order valence-electron chi connectivity index (χ0n) is 16.5. The van der Waals surface area contributed by atoms with Crippen LogP contribution in [-0.4, -0.2) is 58.7 Å². The summed E-state index contributed by atoms with van der Waals surface area (Å²) in [4.78, 5) is 30.4. The van der Waals surface area contributed by atoms with Gasteiger partial charge in [0.1, 0.15) is 6.26 Å². The molecule has 0 atom stereocenters. The summed E-state index contributed by atoms with van der Waals surface area (Å²) in [5.41, 5.74) is 1.43. The Morgan fingerprint density at radius 2 is 2.17 bits per heavy atom. The summed E-state index contributed by atoms with van der Waals surface area (Å²) in [5, 5.41) is 10.9. The number of halogens is 1. The zero-order valence-corrected chi connectivity index (χ0v) is 18.1. The Bertz CT molecular complexity index is 1050. The van der Waals surface area contributed by atoms with Gasteiger partial charge in [0.25, 0.3) is 5.91 Å². The van der Waals surface area contributed by atoms with Crippen molar-refractivity contribution >= 4 is 38.7 Å². The molecule has 0 saturated carbocycles. The molecular weight excluding hydrogens is 454 g/mol. The Morgan fingerprint density at radius 1 is 1.37 bits per heavy atom. The van der Waals surface area contributed by atoms with Crippen molar-refractivity contribution in [1.82, 2.24) is 25.4 Å². The molecule has 1 aromatic carbocycles.